The molecule has 0 amide bonds. The predicted molar refractivity (Wildman–Crippen MR) is 305 cm³/mol. The third-order valence-electron chi connectivity index (χ3n) is 14.9. The maximum atomic E-state index is 12.1. The monoisotopic (exact) mass is 942 g/mol. The molecule has 0 aliphatic carbocycles. The Morgan fingerprint density at radius 1 is 0.257 bits per heavy atom. The summed E-state index contributed by atoms with van der Waals surface area (Å²) in [5.41, 5.74) is 24.1. The number of aromatic nitrogens is 3. The molecule has 0 bridgehead atoms. The Morgan fingerprint density at radius 2 is 0.514 bits per heavy atom. The molecule has 2 N–H and O–H groups in total. The van der Waals surface area contributed by atoms with E-state index in [4.69, 9.17) is 5.73 Å². The van der Waals surface area contributed by atoms with E-state index in [1.54, 1.807) is 0 Å². The third kappa shape index (κ3) is 6.43. The molecule has 0 aliphatic heterocycles. The third-order valence-corrected chi connectivity index (χ3v) is 14.9. The van der Waals surface area contributed by atoms with Crippen LogP contribution in [-0.2, 0) is 0 Å². The number of fused-ring (bicyclic) bond motifs is 9. The first-order valence-corrected chi connectivity index (χ1v) is 24.7. The summed E-state index contributed by atoms with van der Waals surface area (Å²) in [6, 6.07) is 89.7. The maximum Gasteiger partial charge on any atom is 0.104 e. The van der Waals surface area contributed by atoms with Gasteiger partial charge in [0.05, 0.1) is 55.8 Å². The molecule has 6 heteroatoms. The lowest BCUT2D eigenvalue weighted by molar-refractivity contribution is 1.08. The highest BCUT2D eigenvalue weighted by Gasteiger charge is 2.32. The standard InChI is InChI=1S/C68H42N6/c69-41-57-66(72-61-33-29-47(43-17-5-1-6-18-43)37-53(61)54-38-48(30-34-62(54)72)44-19-7-2-8-20-44)58(42-70)68(65(71)67(57)73-59-27-15-13-25-51(59)52-26-14-16-28-60(52)73)74-63-35-31-49(45-21-9-3-10-22-45)39-55(63)56-40-50(32-36-64(56)74)46-23-11-4-12-24-46/h1-40H,71H2. The highest BCUT2D eigenvalue weighted by Crippen LogP contribution is 2.48. The van der Waals surface area contributed by atoms with Crippen LogP contribution in [0.15, 0.2) is 243 Å². The van der Waals surface area contributed by atoms with Crippen LogP contribution in [0, 0.1) is 22.7 Å². The van der Waals surface area contributed by atoms with Crippen LogP contribution in [0.3, 0.4) is 0 Å². The summed E-state index contributed by atoms with van der Waals surface area (Å²) in [5, 5.41) is 30.2. The van der Waals surface area contributed by atoms with Crippen molar-refractivity contribution in [1.29, 1.82) is 10.5 Å². The Labute approximate surface area is 426 Å². The quantitative estimate of drug-likeness (QED) is 0.161. The molecule has 74 heavy (non-hydrogen) atoms. The van der Waals surface area contributed by atoms with Gasteiger partial charge >= 0.3 is 0 Å². The zero-order valence-corrected chi connectivity index (χ0v) is 39.9. The van der Waals surface area contributed by atoms with Crippen molar-refractivity contribution in [3.05, 3.63) is 254 Å². The summed E-state index contributed by atoms with van der Waals surface area (Å²) in [6.45, 7) is 0. The second-order valence-electron chi connectivity index (χ2n) is 18.9. The Hall–Kier alpha value is -10.4. The molecule has 0 spiro atoms. The molecule has 14 aromatic rings. The van der Waals surface area contributed by atoms with Crippen LogP contribution in [-0.4, -0.2) is 13.7 Å². The number of anilines is 1. The second kappa shape index (κ2) is 16.9. The van der Waals surface area contributed by atoms with E-state index in [2.05, 4.69) is 220 Å². The summed E-state index contributed by atoms with van der Waals surface area (Å²) < 4.78 is 6.44. The molecular weight excluding hydrogens is 901 g/mol. The molecule has 0 aliphatic rings. The number of hydrogen-bond acceptors (Lipinski definition) is 3. The van der Waals surface area contributed by atoms with Gasteiger partial charge in [-0.25, -0.2) is 0 Å². The summed E-state index contributed by atoms with van der Waals surface area (Å²) in [5.74, 6) is 0. The number of hydrogen-bond donors (Lipinski definition) is 1. The molecule has 0 radical (unpaired) electrons. The average Bonchev–Trinajstić information content (AvgIpc) is 4.16. The van der Waals surface area contributed by atoms with E-state index in [0.717, 1.165) is 110 Å². The minimum atomic E-state index is 0.278. The van der Waals surface area contributed by atoms with Crippen molar-refractivity contribution >= 4 is 71.1 Å². The zero-order chi connectivity index (χ0) is 49.4. The molecule has 3 heterocycles. The Balaban J connectivity index is 1.17. The van der Waals surface area contributed by atoms with Gasteiger partial charge in [0.1, 0.15) is 23.3 Å². The maximum absolute atomic E-state index is 12.1. The van der Waals surface area contributed by atoms with Gasteiger partial charge in [0.2, 0.25) is 0 Å². The van der Waals surface area contributed by atoms with Crippen molar-refractivity contribution in [3.63, 3.8) is 0 Å². The lowest BCUT2D eigenvalue weighted by Gasteiger charge is -2.24. The zero-order valence-electron chi connectivity index (χ0n) is 39.9. The highest BCUT2D eigenvalue weighted by atomic mass is 15.1. The summed E-state index contributed by atoms with van der Waals surface area (Å²) in [6.07, 6.45) is 0. The fraction of sp³-hybridized carbons (Fsp3) is 0. The second-order valence-corrected chi connectivity index (χ2v) is 18.9. The molecule has 0 unspecified atom stereocenters. The number of nitrogens with two attached hydrogens (primary N) is 1. The minimum absolute atomic E-state index is 0.278. The van der Waals surface area contributed by atoms with Crippen molar-refractivity contribution < 1.29 is 0 Å². The van der Waals surface area contributed by atoms with E-state index in [0.29, 0.717) is 22.7 Å². The smallest absolute Gasteiger partial charge is 0.104 e. The van der Waals surface area contributed by atoms with E-state index in [1.807, 2.05) is 48.5 Å². The van der Waals surface area contributed by atoms with Crippen molar-refractivity contribution in [3.8, 4) is 73.7 Å². The van der Waals surface area contributed by atoms with Gasteiger partial charge in [-0.2, -0.15) is 10.5 Å². The number of nitrogen functional groups attached to an aromatic ring is 1. The van der Waals surface area contributed by atoms with Crippen LogP contribution >= 0.6 is 0 Å². The topological polar surface area (TPSA) is 88.4 Å². The van der Waals surface area contributed by atoms with Crippen LogP contribution in [0.2, 0.25) is 0 Å². The van der Waals surface area contributed by atoms with E-state index in [-0.39, 0.29) is 11.1 Å². The normalized spacial score (nSPS) is 11.5. The molecule has 0 fully saturated rings. The van der Waals surface area contributed by atoms with Gasteiger partial charge < -0.3 is 19.4 Å². The lowest BCUT2D eigenvalue weighted by atomic mass is 9.99. The van der Waals surface area contributed by atoms with E-state index in [9.17, 15) is 10.5 Å². The predicted octanol–water partition coefficient (Wildman–Crippen LogP) is 17.0. The first kappa shape index (κ1) is 42.5. The molecule has 0 saturated heterocycles. The molecule has 11 aromatic carbocycles. The van der Waals surface area contributed by atoms with Gasteiger partial charge in [0.15, 0.2) is 0 Å². The first-order chi connectivity index (χ1) is 36.6. The van der Waals surface area contributed by atoms with Crippen molar-refractivity contribution in [2.24, 2.45) is 0 Å². The molecule has 6 nitrogen and oxygen atoms in total. The summed E-state index contributed by atoms with van der Waals surface area (Å²) in [7, 11) is 0. The van der Waals surface area contributed by atoms with Gasteiger partial charge in [-0.05, 0) is 105 Å². The average molecular weight is 943 g/mol. The molecule has 0 atom stereocenters. The fourth-order valence-corrected chi connectivity index (χ4v) is 11.6. The highest BCUT2D eigenvalue weighted by molar-refractivity contribution is 6.16. The van der Waals surface area contributed by atoms with Gasteiger partial charge in [-0.3, -0.25) is 0 Å². The molecular formula is C68H42N6. The SMILES string of the molecule is N#Cc1c(-n2c3ccccc3c3ccccc32)c(N)c(-n2c3ccc(-c4ccccc4)cc3c3cc(-c4ccccc4)ccc32)c(C#N)c1-n1c2ccc(-c3ccccc3)cc2c2cc(-c3ccccc3)ccc21. The van der Waals surface area contributed by atoms with Gasteiger partial charge in [-0.1, -0.05) is 182 Å². The number of benzene rings is 11. The van der Waals surface area contributed by atoms with Crippen LogP contribution in [0.1, 0.15) is 11.1 Å². The van der Waals surface area contributed by atoms with Crippen molar-refractivity contribution in [1.82, 2.24) is 13.7 Å². The number of nitriles is 2. The molecule has 14 rings (SSSR count). The van der Waals surface area contributed by atoms with Gasteiger partial charge in [0.25, 0.3) is 0 Å². The number of para-hydroxylation sites is 2. The van der Waals surface area contributed by atoms with Crippen LogP contribution < -0.4 is 5.73 Å². The number of rotatable bonds is 7. The first-order valence-electron chi connectivity index (χ1n) is 24.7. The van der Waals surface area contributed by atoms with Crippen LogP contribution in [0.25, 0.3) is 127 Å². The van der Waals surface area contributed by atoms with Gasteiger partial charge in [-0.15, -0.1) is 0 Å². The minimum Gasteiger partial charge on any atom is -0.395 e. The Kier molecular flexibility index (Phi) is 9.69. The molecule has 0 saturated carbocycles. The van der Waals surface area contributed by atoms with Crippen LogP contribution in [0.4, 0.5) is 5.69 Å². The van der Waals surface area contributed by atoms with Crippen molar-refractivity contribution in [2.45, 2.75) is 0 Å². The van der Waals surface area contributed by atoms with Crippen molar-refractivity contribution in [2.75, 3.05) is 5.73 Å². The molecule has 3 aromatic heterocycles. The largest absolute Gasteiger partial charge is 0.395 e. The van der Waals surface area contributed by atoms with E-state index in [1.165, 1.54) is 0 Å². The van der Waals surface area contributed by atoms with Crippen LogP contribution in [0.5, 0.6) is 0 Å². The molecule has 344 valence electrons. The Morgan fingerprint density at radius 3 is 0.811 bits per heavy atom. The Bertz CT molecular complexity index is 4420. The van der Waals surface area contributed by atoms with E-state index < -0.39 is 0 Å². The summed E-state index contributed by atoms with van der Waals surface area (Å²) in [4.78, 5) is 0. The van der Waals surface area contributed by atoms with Gasteiger partial charge in [0, 0.05) is 32.3 Å². The lowest BCUT2D eigenvalue weighted by Crippen LogP contribution is -2.15. The summed E-state index contributed by atoms with van der Waals surface area (Å²) >= 11 is 0. The fourth-order valence-electron chi connectivity index (χ4n) is 11.6. The van der Waals surface area contributed by atoms with E-state index >= 15 is 0 Å². The number of nitrogens with zero attached hydrogens (tertiary/aromatic N) is 5.